The highest BCUT2D eigenvalue weighted by molar-refractivity contribution is 4.99. The van der Waals surface area contributed by atoms with Crippen LogP contribution < -0.4 is 4.90 Å². The lowest BCUT2D eigenvalue weighted by atomic mass is 10.3. The van der Waals surface area contributed by atoms with Gasteiger partial charge in [0.25, 0.3) is 0 Å². The van der Waals surface area contributed by atoms with Crippen molar-refractivity contribution in [3.63, 3.8) is 0 Å². The zero-order chi connectivity index (χ0) is 9.52. The van der Waals surface area contributed by atoms with Crippen molar-refractivity contribution in [1.29, 1.82) is 0 Å². The fraction of sp³-hybridized carbons (Fsp3) is 0.800. The topological polar surface area (TPSA) is 33.9 Å². The van der Waals surface area contributed by atoms with Crippen molar-refractivity contribution in [2.75, 3.05) is 32.8 Å². The van der Waals surface area contributed by atoms with Gasteiger partial charge in [0.1, 0.15) is 19.6 Å². The van der Waals surface area contributed by atoms with Crippen LogP contribution >= 0.6 is 0 Å². The first kappa shape index (κ1) is 10.5. The third-order valence-corrected chi connectivity index (χ3v) is 2.06. The summed E-state index contributed by atoms with van der Waals surface area (Å²) >= 11 is 0. The normalized spacial score (nSPS) is 20.5. The molecule has 0 bridgehead atoms. The third kappa shape index (κ3) is 4.89. The number of aliphatic hydroxyl groups is 1. The first-order valence-corrected chi connectivity index (χ1v) is 4.84. The zero-order valence-electron chi connectivity index (χ0n) is 8.18. The van der Waals surface area contributed by atoms with Crippen LogP contribution in [0.15, 0.2) is 0 Å². The van der Waals surface area contributed by atoms with Gasteiger partial charge in [-0.15, -0.1) is 0 Å². The number of rotatable bonds is 2. The Bertz CT molecular complexity index is 187. The van der Waals surface area contributed by atoms with Crippen LogP contribution in [-0.2, 0) is 4.74 Å². The molecule has 1 atom stereocenters. The van der Waals surface area contributed by atoms with Gasteiger partial charge in [-0.25, -0.2) is 0 Å². The zero-order valence-corrected chi connectivity index (χ0v) is 8.18. The molecule has 1 heterocycles. The average Bonchev–Trinajstić information content (AvgIpc) is 2.14. The van der Waals surface area contributed by atoms with E-state index in [0.29, 0.717) is 6.42 Å². The van der Waals surface area contributed by atoms with Gasteiger partial charge in [-0.1, -0.05) is 5.92 Å². The highest BCUT2D eigenvalue weighted by Gasteiger charge is 2.11. The van der Waals surface area contributed by atoms with E-state index in [9.17, 15) is 0 Å². The summed E-state index contributed by atoms with van der Waals surface area (Å²) in [6, 6.07) is 0. The molecule has 0 amide bonds. The third-order valence-electron chi connectivity index (χ3n) is 2.06. The first-order chi connectivity index (χ1) is 6.29. The minimum Gasteiger partial charge on any atom is -0.392 e. The highest BCUT2D eigenvalue weighted by atomic mass is 16.5. The van der Waals surface area contributed by atoms with Crippen molar-refractivity contribution in [2.45, 2.75) is 19.4 Å². The Morgan fingerprint density at radius 3 is 2.69 bits per heavy atom. The van der Waals surface area contributed by atoms with Crippen LogP contribution in [0.4, 0.5) is 0 Å². The van der Waals surface area contributed by atoms with E-state index in [1.807, 2.05) is 0 Å². The van der Waals surface area contributed by atoms with E-state index in [1.165, 1.54) is 4.90 Å². The van der Waals surface area contributed by atoms with Crippen LogP contribution in [0.5, 0.6) is 0 Å². The van der Waals surface area contributed by atoms with Crippen LogP contribution in [0, 0.1) is 11.8 Å². The average molecular weight is 184 g/mol. The summed E-state index contributed by atoms with van der Waals surface area (Å²) in [5.41, 5.74) is 0. The Balaban J connectivity index is 2.11. The van der Waals surface area contributed by atoms with Crippen molar-refractivity contribution in [3.8, 4) is 11.8 Å². The van der Waals surface area contributed by atoms with Gasteiger partial charge in [-0.2, -0.15) is 0 Å². The lowest BCUT2D eigenvalue weighted by Crippen LogP contribution is -3.14. The number of morpholine rings is 1. The Morgan fingerprint density at radius 1 is 1.38 bits per heavy atom. The summed E-state index contributed by atoms with van der Waals surface area (Å²) in [5.74, 6) is 6.05. The van der Waals surface area contributed by atoms with E-state index in [2.05, 4.69) is 11.8 Å². The summed E-state index contributed by atoms with van der Waals surface area (Å²) in [7, 11) is 0. The maximum absolute atomic E-state index is 8.96. The number of nitrogens with one attached hydrogen (secondary N) is 1. The van der Waals surface area contributed by atoms with Crippen LogP contribution in [0.25, 0.3) is 0 Å². The molecule has 1 fully saturated rings. The van der Waals surface area contributed by atoms with E-state index < -0.39 is 0 Å². The molecular formula is C10H18NO2+. The van der Waals surface area contributed by atoms with Crippen molar-refractivity contribution in [3.05, 3.63) is 0 Å². The molecule has 1 aliphatic heterocycles. The quantitative estimate of drug-likeness (QED) is 0.522. The molecule has 1 rings (SSSR count). The van der Waals surface area contributed by atoms with E-state index in [-0.39, 0.29) is 6.10 Å². The molecule has 74 valence electrons. The molecule has 0 aromatic carbocycles. The fourth-order valence-corrected chi connectivity index (χ4v) is 1.24. The van der Waals surface area contributed by atoms with Crippen LogP contribution in [0.2, 0.25) is 0 Å². The summed E-state index contributed by atoms with van der Waals surface area (Å²) < 4.78 is 5.24. The lowest BCUT2D eigenvalue weighted by molar-refractivity contribution is -0.900. The van der Waals surface area contributed by atoms with Gasteiger partial charge in [0, 0.05) is 6.42 Å². The summed E-state index contributed by atoms with van der Waals surface area (Å²) in [6.07, 6.45) is 0.288. The second kappa shape index (κ2) is 5.98. The summed E-state index contributed by atoms with van der Waals surface area (Å²) in [6.45, 7) is 6.47. The number of aliphatic hydroxyl groups excluding tert-OH is 1. The Labute approximate surface area is 79.7 Å². The SMILES string of the molecule is C[C@H](O)CC#CC[NH+]1CCOCC1. The molecule has 0 spiro atoms. The molecule has 0 aromatic rings. The van der Waals surface area contributed by atoms with E-state index in [0.717, 1.165) is 32.8 Å². The molecule has 2 N–H and O–H groups in total. The van der Waals surface area contributed by atoms with Gasteiger partial charge in [-0.05, 0) is 12.8 Å². The van der Waals surface area contributed by atoms with Gasteiger partial charge in [0.05, 0.1) is 19.3 Å². The van der Waals surface area contributed by atoms with Gasteiger partial charge >= 0.3 is 0 Å². The van der Waals surface area contributed by atoms with Crippen LogP contribution in [-0.4, -0.2) is 44.1 Å². The first-order valence-electron chi connectivity index (χ1n) is 4.84. The predicted octanol–water partition coefficient (Wildman–Crippen LogP) is -1.32. The monoisotopic (exact) mass is 184 g/mol. The molecule has 0 aromatic heterocycles. The molecule has 0 radical (unpaired) electrons. The van der Waals surface area contributed by atoms with Crippen molar-refractivity contribution in [1.82, 2.24) is 0 Å². The van der Waals surface area contributed by atoms with Gasteiger partial charge < -0.3 is 14.7 Å². The maximum atomic E-state index is 8.96. The van der Waals surface area contributed by atoms with Crippen LogP contribution in [0.3, 0.4) is 0 Å². The second-order valence-electron chi connectivity index (χ2n) is 3.45. The Morgan fingerprint density at radius 2 is 2.08 bits per heavy atom. The molecule has 1 saturated heterocycles. The Kier molecular flexibility index (Phi) is 4.84. The number of hydrogen-bond donors (Lipinski definition) is 2. The largest absolute Gasteiger partial charge is 0.392 e. The minimum absolute atomic E-state index is 0.299. The van der Waals surface area contributed by atoms with Gasteiger partial charge in [-0.3, -0.25) is 0 Å². The fourth-order valence-electron chi connectivity index (χ4n) is 1.24. The minimum atomic E-state index is -0.299. The van der Waals surface area contributed by atoms with Crippen molar-refractivity contribution < 1.29 is 14.7 Å². The van der Waals surface area contributed by atoms with E-state index in [4.69, 9.17) is 9.84 Å². The lowest BCUT2D eigenvalue weighted by Gasteiger charge is -2.21. The smallest absolute Gasteiger partial charge is 0.139 e. The molecule has 3 nitrogen and oxygen atoms in total. The highest BCUT2D eigenvalue weighted by Crippen LogP contribution is 1.83. The molecule has 0 aliphatic carbocycles. The van der Waals surface area contributed by atoms with Gasteiger partial charge in [0.2, 0.25) is 0 Å². The molecule has 1 aliphatic rings. The van der Waals surface area contributed by atoms with Crippen LogP contribution in [0.1, 0.15) is 13.3 Å². The number of hydrogen-bond acceptors (Lipinski definition) is 2. The van der Waals surface area contributed by atoms with E-state index >= 15 is 0 Å². The molecule has 13 heavy (non-hydrogen) atoms. The van der Waals surface area contributed by atoms with Gasteiger partial charge in [0.15, 0.2) is 0 Å². The Hall–Kier alpha value is -0.560. The molecule has 0 unspecified atom stereocenters. The van der Waals surface area contributed by atoms with Crippen molar-refractivity contribution in [2.24, 2.45) is 0 Å². The maximum Gasteiger partial charge on any atom is 0.139 e. The standard InChI is InChI=1S/C10H17NO2/c1-10(12)4-2-3-5-11-6-8-13-9-7-11/h10,12H,4-9H2,1H3/p+1/t10-/m0/s1. The summed E-state index contributed by atoms with van der Waals surface area (Å²) in [4.78, 5) is 1.49. The molecular weight excluding hydrogens is 166 g/mol. The number of quaternary nitrogens is 1. The molecule has 0 saturated carbocycles. The predicted molar refractivity (Wildman–Crippen MR) is 50.5 cm³/mol. The summed E-state index contributed by atoms with van der Waals surface area (Å²) in [5, 5.41) is 8.96. The second-order valence-corrected chi connectivity index (χ2v) is 3.45. The van der Waals surface area contributed by atoms with E-state index in [1.54, 1.807) is 6.92 Å². The van der Waals surface area contributed by atoms with Crippen molar-refractivity contribution >= 4 is 0 Å². The molecule has 3 heteroatoms. The number of ether oxygens (including phenoxy) is 1.